The molecule has 1 atom stereocenters. The third kappa shape index (κ3) is 4.55. The van der Waals surface area contributed by atoms with Crippen molar-refractivity contribution in [3.8, 4) is 0 Å². The summed E-state index contributed by atoms with van der Waals surface area (Å²) in [7, 11) is -4.15. The lowest BCUT2D eigenvalue weighted by molar-refractivity contribution is -0.136. The predicted octanol–water partition coefficient (Wildman–Crippen LogP) is 3.27. The summed E-state index contributed by atoms with van der Waals surface area (Å²) in [5.74, 6) is 0. The van der Waals surface area contributed by atoms with E-state index < -0.39 is 32.7 Å². The molecule has 1 aromatic carbocycles. The summed E-state index contributed by atoms with van der Waals surface area (Å²) in [6.45, 7) is 1.52. The molecule has 1 aromatic rings. The van der Waals surface area contributed by atoms with Crippen LogP contribution < -0.4 is 10.5 Å². The standard InChI is InChI=1S/C11H12BrF3N2O2S2/c1-2-9(10(16)20)21(18,19)17-8-4-3-6(12)5-7(8)11(13,14)15/h3-5,9,17H,2H2,1H3,(H2,16,20). The van der Waals surface area contributed by atoms with Gasteiger partial charge in [0.2, 0.25) is 10.0 Å². The van der Waals surface area contributed by atoms with E-state index in [1.165, 1.54) is 13.0 Å². The van der Waals surface area contributed by atoms with Crippen molar-refractivity contribution < 1.29 is 21.6 Å². The molecule has 21 heavy (non-hydrogen) atoms. The van der Waals surface area contributed by atoms with Gasteiger partial charge in [-0.3, -0.25) is 4.72 Å². The Morgan fingerprint density at radius 2 is 2.05 bits per heavy atom. The molecule has 0 fully saturated rings. The van der Waals surface area contributed by atoms with E-state index >= 15 is 0 Å². The van der Waals surface area contributed by atoms with Crippen molar-refractivity contribution in [2.24, 2.45) is 5.73 Å². The number of nitrogens with one attached hydrogen (secondary N) is 1. The van der Waals surface area contributed by atoms with E-state index in [0.29, 0.717) is 0 Å². The second-order valence-electron chi connectivity index (χ2n) is 4.13. The first-order valence-electron chi connectivity index (χ1n) is 5.66. The largest absolute Gasteiger partial charge is 0.418 e. The quantitative estimate of drug-likeness (QED) is 0.738. The van der Waals surface area contributed by atoms with E-state index in [2.05, 4.69) is 28.1 Å². The Balaban J connectivity index is 3.28. The molecule has 0 aliphatic heterocycles. The molecule has 1 rings (SSSR count). The fourth-order valence-corrected chi connectivity index (χ4v) is 3.92. The summed E-state index contributed by atoms with van der Waals surface area (Å²) < 4.78 is 65.1. The van der Waals surface area contributed by atoms with E-state index in [1.807, 2.05) is 4.72 Å². The molecule has 4 nitrogen and oxygen atoms in total. The Morgan fingerprint density at radius 3 is 2.48 bits per heavy atom. The zero-order valence-electron chi connectivity index (χ0n) is 10.7. The third-order valence-corrected chi connectivity index (χ3v) is 5.37. The number of thiocarbonyl (C=S) groups is 1. The molecule has 0 aromatic heterocycles. The third-order valence-electron chi connectivity index (χ3n) is 2.60. The van der Waals surface area contributed by atoms with E-state index in [1.54, 1.807) is 0 Å². The van der Waals surface area contributed by atoms with Gasteiger partial charge < -0.3 is 5.73 Å². The lowest BCUT2D eigenvalue weighted by Gasteiger charge is -2.19. The number of halogens is 4. The average molecular weight is 405 g/mol. The van der Waals surface area contributed by atoms with Crippen LogP contribution in [-0.4, -0.2) is 18.7 Å². The minimum absolute atomic E-state index is 0.0581. The van der Waals surface area contributed by atoms with Crippen molar-refractivity contribution in [2.75, 3.05) is 4.72 Å². The first-order chi connectivity index (χ1) is 9.49. The highest BCUT2D eigenvalue weighted by Gasteiger charge is 2.36. The second kappa shape index (κ2) is 6.49. The molecule has 0 saturated carbocycles. The van der Waals surface area contributed by atoms with Crippen molar-refractivity contribution in [1.29, 1.82) is 0 Å². The molecule has 3 N–H and O–H groups in total. The Labute approximate surface area is 134 Å². The topological polar surface area (TPSA) is 72.2 Å². The van der Waals surface area contributed by atoms with Crippen LogP contribution in [0.4, 0.5) is 18.9 Å². The summed E-state index contributed by atoms with van der Waals surface area (Å²) in [6.07, 6.45) is -4.64. The van der Waals surface area contributed by atoms with E-state index in [9.17, 15) is 21.6 Å². The second-order valence-corrected chi connectivity index (χ2v) is 7.38. The van der Waals surface area contributed by atoms with Crippen LogP contribution in [0, 0.1) is 0 Å². The van der Waals surface area contributed by atoms with Gasteiger partial charge >= 0.3 is 6.18 Å². The normalized spacial score (nSPS) is 13.8. The van der Waals surface area contributed by atoms with Crippen LogP contribution in [-0.2, 0) is 16.2 Å². The Kier molecular flexibility index (Phi) is 5.62. The zero-order chi connectivity index (χ0) is 16.4. The molecule has 1 unspecified atom stereocenters. The molecule has 10 heteroatoms. The summed E-state index contributed by atoms with van der Waals surface area (Å²) in [4.78, 5) is -0.296. The van der Waals surface area contributed by atoms with Gasteiger partial charge in [-0.15, -0.1) is 0 Å². The zero-order valence-corrected chi connectivity index (χ0v) is 14.0. The fourth-order valence-electron chi connectivity index (χ4n) is 1.64. The molecule has 0 bridgehead atoms. The van der Waals surface area contributed by atoms with Crippen LogP contribution >= 0.6 is 28.1 Å². The molecule has 0 saturated heterocycles. The number of sulfonamides is 1. The van der Waals surface area contributed by atoms with Gasteiger partial charge in [-0.25, -0.2) is 8.42 Å². The number of anilines is 1. The number of hydrogen-bond donors (Lipinski definition) is 2. The molecule has 0 aliphatic carbocycles. The Hall–Kier alpha value is -0.870. The van der Waals surface area contributed by atoms with Crippen molar-refractivity contribution in [2.45, 2.75) is 24.8 Å². The van der Waals surface area contributed by atoms with Crippen LogP contribution in [0.1, 0.15) is 18.9 Å². The minimum Gasteiger partial charge on any atom is -0.392 e. The Bertz CT molecular complexity index is 647. The summed E-state index contributed by atoms with van der Waals surface area (Å²) in [6, 6.07) is 3.12. The number of alkyl halides is 3. The summed E-state index contributed by atoms with van der Waals surface area (Å²) >= 11 is 7.55. The molecule has 118 valence electrons. The molecular weight excluding hydrogens is 393 g/mol. The maximum atomic E-state index is 12.9. The highest BCUT2D eigenvalue weighted by molar-refractivity contribution is 9.10. The van der Waals surface area contributed by atoms with Gasteiger partial charge in [-0.1, -0.05) is 35.1 Å². The van der Waals surface area contributed by atoms with E-state index in [-0.39, 0.29) is 15.9 Å². The first-order valence-corrected chi connectivity index (χ1v) is 8.41. The van der Waals surface area contributed by atoms with Crippen molar-refractivity contribution >= 4 is 48.8 Å². The maximum Gasteiger partial charge on any atom is 0.418 e. The SMILES string of the molecule is CCC(C(N)=S)S(=O)(=O)Nc1ccc(Br)cc1C(F)(F)F. The van der Waals surface area contributed by atoms with Gasteiger partial charge in [0, 0.05) is 4.47 Å². The first kappa shape index (κ1) is 18.2. The summed E-state index contributed by atoms with van der Waals surface area (Å²) in [5, 5.41) is -1.24. The van der Waals surface area contributed by atoms with Crippen LogP contribution in [0.3, 0.4) is 0 Å². The highest BCUT2D eigenvalue weighted by Crippen LogP contribution is 2.37. The van der Waals surface area contributed by atoms with Gasteiger partial charge in [0.05, 0.1) is 16.2 Å². The van der Waals surface area contributed by atoms with E-state index in [4.69, 9.17) is 5.73 Å². The number of benzene rings is 1. The minimum atomic E-state index is -4.70. The van der Waals surface area contributed by atoms with Crippen molar-refractivity contribution in [3.63, 3.8) is 0 Å². The van der Waals surface area contributed by atoms with Gasteiger partial charge in [0.25, 0.3) is 0 Å². The van der Waals surface area contributed by atoms with Gasteiger partial charge in [-0.2, -0.15) is 13.2 Å². The lowest BCUT2D eigenvalue weighted by atomic mass is 10.2. The van der Waals surface area contributed by atoms with Crippen LogP contribution in [0.5, 0.6) is 0 Å². The van der Waals surface area contributed by atoms with Gasteiger partial charge in [-0.05, 0) is 24.6 Å². The lowest BCUT2D eigenvalue weighted by Crippen LogP contribution is -2.38. The molecular formula is C11H12BrF3N2O2S2. The van der Waals surface area contributed by atoms with E-state index in [0.717, 1.165) is 12.1 Å². The maximum absolute atomic E-state index is 12.9. The smallest absolute Gasteiger partial charge is 0.392 e. The molecule has 0 spiro atoms. The molecule has 0 amide bonds. The molecule has 0 aliphatic rings. The molecule has 0 heterocycles. The van der Waals surface area contributed by atoms with Crippen molar-refractivity contribution in [1.82, 2.24) is 0 Å². The van der Waals surface area contributed by atoms with Crippen molar-refractivity contribution in [3.05, 3.63) is 28.2 Å². The van der Waals surface area contributed by atoms with Crippen LogP contribution in [0.15, 0.2) is 22.7 Å². The number of rotatable bonds is 5. The monoisotopic (exact) mass is 404 g/mol. The fraction of sp³-hybridized carbons (Fsp3) is 0.364. The average Bonchev–Trinajstić information content (AvgIpc) is 2.29. The van der Waals surface area contributed by atoms with Gasteiger partial charge in [0.1, 0.15) is 5.25 Å². The predicted molar refractivity (Wildman–Crippen MR) is 82.6 cm³/mol. The Morgan fingerprint density at radius 1 is 1.48 bits per heavy atom. The number of nitrogens with two attached hydrogens (primary N) is 1. The summed E-state index contributed by atoms with van der Waals surface area (Å²) in [5.41, 5.74) is 3.65. The number of hydrogen-bond acceptors (Lipinski definition) is 3. The van der Waals surface area contributed by atoms with Crippen LogP contribution in [0.25, 0.3) is 0 Å². The highest BCUT2D eigenvalue weighted by atomic mass is 79.9. The van der Waals surface area contributed by atoms with Gasteiger partial charge in [0.15, 0.2) is 0 Å². The molecule has 0 radical (unpaired) electrons. The van der Waals surface area contributed by atoms with Crippen LogP contribution in [0.2, 0.25) is 0 Å².